The molecule has 0 radical (unpaired) electrons. The van der Waals surface area contributed by atoms with Gasteiger partial charge in [-0.3, -0.25) is 9.59 Å². The summed E-state index contributed by atoms with van der Waals surface area (Å²) in [5, 5.41) is 5.72. The van der Waals surface area contributed by atoms with E-state index in [4.69, 9.17) is 19.4 Å². The Morgan fingerprint density at radius 1 is 0.571 bits per heavy atom. The molecule has 14 nitrogen and oxygen atoms in total. The third kappa shape index (κ3) is 7.48. The van der Waals surface area contributed by atoms with Crippen LogP contribution in [0.5, 0.6) is 0 Å². The zero-order valence-electron chi connectivity index (χ0n) is 32.0. The zero-order chi connectivity index (χ0) is 38.8. The van der Waals surface area contributed by atoms with Crippen molar-refractivity contribution >= 4 is 24.0 Å². The molecule has 4 amide bonds. The van der Waals surface area contributed by atoms with Gasteiger partial charge in [-0.05, 0) is 73.6 Å². The van der Waals surface area contributed by atoms with Crippen LogP contribution in [0.1, 0.15) is 87.9 Å². The predicted octanol–water partition coefficient (Wildman–Crippen LogP) is 6.51. The highest BCUT2D eigenvalue weighted by Gasteiger charge is 2.42. The van der Waals surface area contributed by atoms with Crippen molar-refractivity contribution in [2.24, 2.45) is 11.8 Å². The normalized spacial score (nSPS) is 24.7. The van der Waals surface area contributed by atoms with Gasteiger partial charge in [-0.2, -0.15) is 0 Å². The summed E-state index contributed by atoms with van der Waals surface area (Å²) in [6, 6.07) is 16.0. The molecule has 14 heteroatoms. The molecule has 0 bridgehead atoms. The molecule has 2 aliphatic carbocycles. The number of benzene rings is 2. The monoisotopic (exact) mass is 762 g/mol. The Balaban J connectivity index is 0.898. The number of nitrogens with one attached hydrogen (secondary N) is 4. The molecule has 2 saturated carbocycles. The number of H-pyrrole nitrogens is 2. The van der Waals surface area contributed by atoms with E-state index in [1.54, 1.807) is 0 Å². The Bertz CT molecular complexity index is 1900. The van der Waals surface area contributed by atoms with Crippen molar-refractivity contribution in [1.29, 1.82) is 0 Å². The number of amides is 4. The first-order valence-corrected chi connectivity index (χ1v) is 19.9. The Morgan fingerprint density at radius 3 is 1.36 bits per heavy atom. The lowest BCUT2D eigenvalue weighted by atomic mass is 10.0. The number of aromatic amines is 2. The minimum Gasteiger partial charge on any atom is -0.453 e. The fraction of sp³-hybridized carbons (Fsp3) is 0.476. The van der Waals surface area contributed by atoms with Gasteiger partial charge in [0.2, 0.25) is 11.8 Å². The van der Waals surface area contributed by atoms with E-state index in [-0.39, 0.29) is 47.8 Å². The maximum atomic E-state index is 13.7. The van der Waals surface area contributed by atoms with E-state index in [0.29, 0.717) is 13.1 Å². The average molecular weight is 763 g/mol. The van der Waals surface area contributed by atoms with E-state index in [0.717, 1.165) is 109 Å². The van der Waals surface area contributed by atoms with Gasteiger partial charge in [0.05, 0.1) is 61.9 Å². The maximum Gasteiger partial charge on any atom is 0.407 e. The van der Waals surface area contributed by atoms with Gasteiger partial charge in [0.25, 0.3) is 0 Å². The Kier molecular flexibility index (Phi) is 10.8. The van der Waals surface area contributed by atoms with Crippen molar-refractivity contribution in [1.82, 2.24) is 40.4 Å². The molecule has 0 spiro atoms. The van der Waals surface area contributed by atoms with E-state index in [1.165, 1.54) is 14.2 Å². The van der Waals surface area contributed by atoms with Crippen molar-refractivity contribution < 1.29 is 28.7 Å². The minimum atomic E-state index is -0.496. The van der Waals surface area contributed by atoms with Crippen LogP contribution in [-0.4, -0.2) is 93.1 Å². The molecular formula is C42H50N8O6. The van der Waals surface area contributed by atoms with Crippen LogP contribution in [0.25, 0.3) is 33.6 Å². The number of likely N-dealkylation sites (tertiary alicyclic amines) is 2. The maximum absolute atomic E-state index is 13.7. The highest BCUT2D eigenvalue weighted by molar-refractivity contribution is 5.82. The molecule has 2 aromatic carbocycles. The van der Waals surface area contributed by atoms with Crippen molar-refractivity contribution in [3.8, 4) is 33.6 Å². The standard InChI is InChI=1S/C42H50N8O6/c1-55-41(53)47-31-9-3-7-29(31)39(51)49-21-5-11-35(49)37-43-23-33(45-37)27-17-13-25(14-18-27)26-15-19-28(20-16-26)34-24-44-38(46-34)36-12-6-22-50(36)40(52)30-8-4-10-32(30)48-42(54)56-2/h13-20,23-24,29-32,35-36H,3-12,21-22H2,1-2H3,(H,43,45)(H,44,46)(H,47,53)(H,48,54)/t29-,30-,31-,32-,35-,36-/m0/s1. The smallest absolute Gasteiger partial charge is 0.407 e. The average Bonchev–Trinajstić information content (AvgIpc) is 4.07. The largest absolute Gasteiger partial charge is 0.453 e. The van der Waals surface area contributed by atoms with Crippen LogP contribution in [0.15, 0.2) is 60.9 Å². The number of nitrogens with zero attached hydrogens (tertiary/aromatic N) is 4. The number of carbonyl (C=O) groups is 4. The third-order valence-electron chi connectivity index (χ3n) is 12.3. The third-order valence-corrected chi connectivity index (χ3v) is 12.3. The quantitative estimate of drug-likeness (QED) is 0.149. The molecule has 2 aromatic heterocycles. The lowest BCUT2D eigenvalue weighted by Gasteiger charge is -2.29. The van der Waals surface area contributed by atoms with Crippen molar-refractivity contribution in [2.45, 2.75) is 88.4 Å². The lowest BCUT2D eigenvalue weighted by molar-refractivity contribution is -0.137. The summed E-state index contributed by atoms with van der Waals surface area (Å²) < 4.78 is 9.58. The Morgan fingerprint density at radius 2 is 0.964 bits per heavy atom. The molecule has 56 heavy (non-hydrogen) atoms. The van der Waals surface area contributed by atoms with Crippen molar-refractivity contribution in [2.75, 3.05) is 27.3 Å². The summed E-state index contributed by atoms with van der Waals surface area (Å²) in [7, 11) is 2.68. The van der Waals surface area contributed by atoms with Crippen LogP contribution in [0.3, 0.4) is 0 Å². The van der Waals surface area contributed by atoms with E-state index in [1.807, 2.05) is 22.2 Å². The van der Waals surface area contributed by atoms with Gasteiger partial charge in [0, 0.05) is 25.2 Å². The van der Waals surface area contributed by atoms with Crippen LogP contribution in [0, 0.1) is 11.8 Å². The summed E-state index contributed by atoms with van der Waals surface area (Å²) in [4.78, 5) is 71.5. The molecule has 4 heterocycles. The van der Waals surface area contributed by atoms with E-state index in [9.17, 15) is 19.2 Å². The Hall–Kier alpha value is -5.66. The molecule has 0 unspecified atom stereocenters. The number of ether oxygens (including phenoxy) is 2. The summed E-state index contributed by atoms with van der Waals surface area (Å²) in [5.74, 6) is 1.21. The second kappa shape index (κ2) is 16.2. The van der Waals surface area contributed by atoms with Crippen LogP contribution in [0.4, 0.5) is 9.59 Å². The van der Waals surface area contributed by atoms with Gasteiger partial charge in [-0.25, -0.2) is 19.6 Å². The highest BCUT2D eigenvalue weighted by Crippen LogP contribution is 2.38. The number of alkyl carbamates (subject to hydrolysis) is 2. The molecule has 4 aromatic rings. The summed E-state index contributed by atoms with van der Waals surface area (Å²) in [6.07, 6.45) is 11.0. The number of imidazole rings is 2. The molecule has 8 rings (SSSR count). The van der Waals surface area contributed by atoms with E-state index < -0.39 is 12.2 Å². The number of carbonyl (C=O) groups excluding carboxylic acids is 4. The SMILES string of the molecule is COC(=O)N[C@H]1CCC[C@@H]1C(=O)N1CCC[C@H]1c1ncc(-c2ccc(-c3ccc(-c4cnc([C@@H]5CCCN5C(=O)[C@H]5CCC[C@@H]5NC(=O)OC)[nH]4)cc3)cc2)[nH]1. The molecule has 294 valence electrons. The first kappa shape index (κ1) is 37.3. The molecule has 2 aliphatic heterocycles. The number of aromatic nitrogens is 4. The Labute approximate surface area is 326 Å². The van der Waals surface area contributed by atoms with Crippen LogP contribution >= 0.6 is 0 Å². The predicted molar refractivity (Wildman–Crippen MR) is 208 cm³/mol. The molecular weight excluding hydrogens is 713 g/mol. The van der Waals surface area contributed by atoms with E-state index >= 15 is 0 Å². The van der Waals surface area contributed by atoms with Gasteiger partial charge in [0.15, 0.2) is 0 Å². The van der Waals surface area contributed by atoms with Crippen molar-refractivity contribution in [3.05, 3.63) is 72.6 Å². The second-order valence-corrected chi connectivity index (χ2v) is 15.5. The van der Waals surface area contributed by atoms with Crippen LogP contribution < -0.4 is 10.6 Å². The van der Waals surface area contributed by atoms with Gasteiger partial charge in [-0.1, -0.05) is 61.4 Å². The molecule has 4 fully saturated rings. The highest BCUT2D eigenvalue weighted by atomic mass is 16.5. The second-order valence-electron chi connectivity index (χ2n) is 15.5. The molecule has 2 saturated heterocycles. The van der Waals surface area contributed by atoms with Gasteiger partial charge in [0.1, 0.15) is 11.6 Å². The number of hydrogen-bond acceptors (Lipinski definition) is 8. The van der Waals surface area contributed by atoms with Crippen LogP contribution in [0.2, 0.25) is 0 Å². The first-order chi connectivity index (χ1) is 27.3. The minimum absolute atomic E-state index is 0.0740. The van der Waals surface area contributed by atoms with Crippen LogP contribution in [-0.2, 0) is 19.1 Å². The number of rotatable bonds is 9. The van der Waals surface area contributed by atoms with E-state index in [2.05, 4.69) is 69.1 Å². The fourth-order valence-electron chi connectivity index (χ4n) is 9.32. The molecule has 4 aliphatic rings. The number of hydrogen-bond donors (Lipinski definition) is 4. The first-order valence-electron chi connectivity index (χ1n) is 19.9. The topological polar surface area (TPSA) is 175 Å². The zero-order valence-corrected chi connectivity index (χ0v) is 32.0. The molecule has 4 N–H and O–H groups in total. The fourth-order valence-corrected chi connectivity index (χ4v) is 9.32. The van der Waals surface area contributed by atoms with Crippen molar-refractivity contribution in [3.63, 3.8) is 0 Å². The molecule has 6 atom stereocenters. The van der Waals surface area contributed by atoms with Gasteiger partial charge < -0.3 is 39.9 Å². The summed E-state index contributed by atoms with van der Waals surface area (Å²) >= 11 is 0. The lowest BCUT2D eigenvalue weighted by Crippen LogP contribution is -2.45. The summed E-state index contributed by atoms with van der Waals surface area (Å²) in [6.45, 7) is 1.35. The number of methoxy groups -OCH3 is 2. The van der Waals surface area contributed by atoms with Gasteiger partial charge >= 0.3 is 12.2 Å². The van der Waals surface area contributed by atoms with Gasteiger partial charge in [-0.15, -0.1) is 0 Å². The summed E-state index contributed by atoms with van der Waals surface area (Å²) in [5.41, 5.74) is 5.96.